The molecule has 0 aliphatic rings. The second-order valence-corrected chi connectivity index (χ2v) is 6.78. The minimum absolute atomic E-state index is 0. The van der Waals surface area contributed by atoms with Crippen LogP contribution in [0.5, 0.6) is 0 Å². The zero-order chi connectivity index (χ0) is 20.9. The van der Waals surface area contributed by atoms with E-state index in [9.17, 15) is 14.7 Å². The first-order valence-corrected chi connectivity index (χ1v) is 9.46. The van der Waals surface area contributed by atoms with E-state index < -0.39 is 0 Å². The van der Waals surface area contributed by atoms with Crippen molar-refractivity contribution in [1.82, 2.24) is 15.0 Å². The number of nitroso groups, excluding NO2 is 3. The van der Waals surface area contributed by atoms with Gasteiger partial charge in [-0.3, -0.25) is 15.0 Å². The molecular weight excluding hydrogens is 395 g/mol. The fraction of sp³-hybridized carbons (Fsp3) is 0.400. The van der Waals surface area contributed by atoms with Gasteiger partial charge in [0.05, 0.1) is 41.5 Å². The van der Waals surface area contributed by atoms with Crippen molar-refractivity contribution in [3.63, 3.8) is 0 Å². The first-order chi connectivity index (χ1) is 14.2. The normalized spacial score (nSPS) is 11.0. The van der Waals surface area contributed by atoms with Gasteiger partial charge in [0.1, 0.15) is 0 Å². The molecule has 0 bridgehead atoms. The Bertz CT molecular complexity index is 759. The second kappa shape index (κ2) is 14.6. The standard InChI is InChI=1S/C20H26N6O3.Na.H/c1-24(21-27)17-20(16-19-10-6-3-7-11-19)26(23-29)15-14-25(22-28)13-12-18-8-4-2-5-9-18;;/h2-11,20H,12-17H2,1H3;;/q;+1;-1/t20-;;/m0../s1. The summed E-state index contributed by atoms with van der Waals surface area (Å²) in [5.74, 6) is 0. The number of rotatable bonds is 14. The summed E-state index contributed by atoms with van der Waals surface area (Å²) in [5.41, 5.74) is 2.12. The quantitative estimate of drug-likeness (QED) is 0.250. The summed E-state index contributed by atoms with van der Waals surface area (Å²) < 4.78 is 0. The Morgan fingerprint density at radius 1 is 0.800 bits per heavy atom. The molecule has 2 rings (SSSR count). The Balaban J connectivity index is 0.00000450. The second-order valence-electron chi connectivity index (χ2n) is 6.78. The molecule has 2 aromatic carbocycles. The molecule has 9 nitrogen and oxygen atoms in total. The summed E-state index contributed by atoms with van der Waals surface area (Å²) in [6, 6.07) is 19.1. The van der Waals surface area contributed by atoms with Crippen molar-refractivity contribution in [1.29, 1.82) is 0 Å². The molecule has 156 valence electrons. The fourth-order valence-electron chi connectivity index (χ4n) is 3.09. The topological polar surface area (TPSA) is 98.0 Å². The third-order valence-electron chi connectivity index (χ3n) is 4.66. The van der Waals surface area contributed by atoms with Crippen LogP contribution >= 0.6 is 0 Å². The number of nitrogens with zero attached hydrogens (tertiary/aromatic N) is 6. The third kappa shape index (κ3) is 8.98. The molecule has 0 saturated heterocycles. The maximum atomic E-state index is 11.5. The summed E-state index contributed by atoms with van der Waals surface area (Å²) in [4.78, 5) is 33.5. The van der Waals surface area contributed by atoms with Crippen molar-refractivity contribution in [2.24, 2.45) is 15.9 Å². The van der Waals surface area contributed by atoms with E-state index in [0.29, 0.717) is 19.4 Å². The number of hydrogen-bond acceptors (Lipinski definition) is 6. The Morgan fingerprint density at radius 3 is 1.93 bits per heavy atom. The molecule has 0 fully saturated rings. The van der Waals surface area contributed by atoms with Crippen molar-refractivity contribution in [2.75, 3.05) is 33.2 Å². The van der Waals surface area contributed by atoms with Crippen LogP contribution < -0.4 is 29.6 Å². The van der Waals surface area contributed by atoms with E-state index in [0.717, 1.165) is 11.1 Å². The van der Waals surface area contributed by atoms with Gasteiger partial charge in [0.15, 0.2) is 0 Å². The summed E-state index contributed by atoms with van der Waals surface area (Å²) >= 11 is 0. The predicted octanol–water partition coefficient (Wildman–Crippen LogP) is 0.537. The molecule has 0 spiro atoms. The first-order valence-electron chi connectivity index (χ1n) is 9.46. The van der Waals surface area contributed by atoms with E-state index >= 15 is 0 Å². The maximum absolute atomic E-state index is 11.5. The molecule has 0 radical (unpaired) electrons. The molecule has 0 amide bonds. The Morgan fingerprint density at radius 2 is 1.40 bits per heavy atom. The van der Waals surface area contributed by atoms with Gasteiger partial charge >= 0.3 is 29.6 Å². The van der Waals surface area contributed by atoms with Crippen LogP contribution in [-0.2, 0) is 12.8 Å². The predicted molar refractivity (Wildman–Crippen MR) is 113 cm³/mol. The number of benzene rings is 2. The van der Waals surface area contributed by atoms with E-state index in [1.807, 2.05) is 60.7 Å². The zero-order valence-electron chi connectivity index (χ0n) is 18.5. The SMILES string of the molecule is CN(C[C@H](Cc1ccccc1)N(CCN(CCc1ccccc1)N=O)N=O)N=O.[H-].[Na+]. The monoisotopic (exact) mass is 422 g/mol. The average molecular weight is 422 g/mol. The van der Waals surface area contributed by atoms with Crippen LogP contribution in [0.1, 0.15) is 12.6 Å². The summed E-state index contributed by atoms with van der Waals surface area (Å²) in [7, 11) is 1.55. The van der Waals surface area contributed by atoms with Crippen molar-refractivity contribution in [2.45, 2.75) is 18.9 Å². The molecule has 0 aliphatic carbocycles. The Labute approximate surface area is 200 Å². The van der Waals surface area contributed by atoms with Crippen LogP contribution in [0.3, 0.4) is 0 Å². The average Bonchev–Trinajstić information content (AvgIpc) is 2.77. The van der Waals surface area contributed by atoms with E-state index in [1.165, 1.54) is 15.0 Å². The van der Waals surface area contributed by atoms with Gasteiger partial charge in [-0.25, -0.2) is 0 Å². The molecule has 30 heavy (non-hydrogen) atoms. The van der Waals surface area contributed by atoms with Crippen molar-refractivity contribution < 1.29 is 31.0 Å². The molecule has 0 unspecified atom stereocenters. The Kier molecular flexibility index (Phi) is 12.5. The third-order valence-corrected chi connectivity index (χ3v) is 4.66. The van der Waals surface area contributed by atoms with Crippen LogP contribution in [0.2, 0.25) is 0 Å². The molecule has 2 aromatic rings. The van der Waals surface area contributed by atoms with Crippen LogP contribution in [-0.4, -0.2) is 54.3 Å². The molecular formula is C20H27N6NaO3. The number of likely N-dealkylation sites (N-methyl/N-ethyl adjacent to an activating group) is 1. The zero-order valence-corrected chi connectivity index (χ0v) is 19.5. The summed E-state index contributed by atoms with van der Waals surface area (Å²) in [5, 5.41) is 13.1. The van der Waals surface area contributed by atoms with Crippen LogP contribution in [0.15, 0.2) is 76.5 Å². The molecule has 0 aromatic heterocycles. The van der Waals surface area contributed by atoms with Gasteiger partial charge in [-0.15, -0.1) is 14.7 Å². The van der Waals surface area contributed by atoms with Crippen LogP contribution in [0.4, 0.5) is 0 Å². The molecule has 0 N–H and O–H groups in total. The molecule has 0 saturated carbocycles. The minimum Gasteiger partial charge on any atom is -1.00 e. The van der Waals surface area contributed by atoms with Crippen molar-refractivity contribution in [3.05, 3.63) is 86.5 Å². The van der Waals surface area contributed by atoms with Crippen LogP contribution in [0.25, 0.3) is 0 Å². The molecule has 0 aliphatic heterocycles. The van der Waals surface area contributed by atoms with Gasteiger partial charge in [-0.05, 0) is 24.0 Å². The summed E-state index contributed by atoms with van der Waals surface area (Å²) in [6.45, 7) is 1.15. The summed E-state index contributed by atoms with van der Waals surface area (Å²) in [6.07, 6.45) is 1.19. The van der Waals surface area contributed by atoms with E-state index in [-0.39, 0.29) is 56.7 Å². The van der Waals surface area contributed by atoms with Crippen LogP contribution in [0, 0.1) is 14.7 Å². The van der Waals surface area contributed by atoms with Gasteiger partial charge in [0.25, 0.3) is 0 Å². The fourth-order valence-corrected chi connectivity index (χ4v) is 3.09. The maximum Gasteiger partial charge on any atom is 1.00 e. The van der Waals surface area contributed by atoms with E-state index in [2.05, 4.69) is 15.9 Å². The van der Waals surface area contributed by atoms with Gasteiger partial charge in [0, 0.05) is 13.6 Å². The largest absolute Gasteiger partial charge is 1.00 e. The molecule has 1 atom stereocenters. The van der Waals surface area contributed by atoms with Gasteiger partial charge in [0.2, 0.25) is 0 Å². The van der Waals surface area contributed by atoms with Gasteiger partial charge in [-0.1, -0.05) is 60.7 Å². The Hall–Kier alpha value is -2.36. The van der Waals surface area contributed by atoms with Gasteiger partial charge in [-0.2, -0.15) is 0 Å². The molecule has 10 heteroatoms. The minimum atomic E-state index is -0.361. The van der Waals surface area contributed by atoms with Crippen molar-refractivity contribution >= 4 is 0 Å². The van der Waals surface area contributed by atoms with E-state index in [1.54, 1.807) is 7.05 Å². The molecule has 0 heterocycles. The van der Waals surface area contributed by atoms with E-state index in [4.69, 9.17) is 0 Å². The smallest absolute Gasteiger partial charge is 1.00 e. The van der Waals surface area contributed by atoms with Crippen molar-refractivity contribution in [3.8, 4) is 0 Å². The number of hydrogen-bond donors (Lipinski definition) is 0. The van der Waals surface area contributed by atoms with Gasteiger partial charge < -0.3 is 1.43 Å². The first kappa shape index (κ1) is 25.7.